The summed E-state index contributed by atoms with van der Waals surface area (Å²) in [5.41, 5.74) is 9.15. The van der Waals surface area contributed by atoms with Gasteiger partial charge in [0, 0.05) is 27.5 Å². The average molecular weight is 752 g/mol. The van der Waals surface area contributed by atoms with Crippen molar-refractivity contribution >= 4 is 65.0 Å². The SMILES string of the molecule is c1ccc(-c2nc(-c3ccc(-c4cc5ccc6ccccc6c5c5ccccc45)cc3)nc(-c3ccc(-c4cccc5oc6ccccc6c45)c4ccccc34)n2)cc1. The van der Waals surface area contributed by atoms with Gasteiger partial charge >= 0.3 is 0 Å². The number of fused-ring (bicyclic) bond motifs is 9. The molecule has 0 aliphatic rings. The lowest BCUT2D eigenvalue weighted by molar-refractivity contribution is 0.669. The fourth-order valence-corrected chi connectivity index (χ4v) is 8.99. The molecule has 0 bridgehead atoms. The second kappa shape index (κ2) is 13.3. The van der Waals surface area contributed by atoms with E-state index in [9.17, 15) is 0 Å². The zero-order valence-corrected chi connectivity index (χ0v) is 31.8. The third kappa shape index (κ3) is 5.42. The number of aromatic nitrogens is 3. The third-order valence-electron chi connectivity index (χ3n) is 11.7. The second-order valence-electron chi connectivity index (χ2n) is 15.1. The van der Waals surface area contributed by atoms with Crippen LogP contribution in [0.2, 0.25) is 0 Å². The molecule has 59 heavy (non-hydrogen) atoms. The van der Waals surface area contributed by atoms with Crippen molar-refractivity contribution in [2.24, 2.45) is 0 Å². The molecule has 2 heterocycles. The molecule has 0 aliphatic heterocycles. The normalized spacial score (nSPS) is 11.7. The van der Waals surface area contributed by atoms with Gasteiger partial charge in [0.15, 0.2) is 17.5 Å². The van der Waals surface area contributed by atoms with Gasteiger partial charge in [-0.25, -0.2) is 15.0 Å². The molecule has 0 unspecified atom stereocenters. The summed E-state index contributed by atoms with van der Waals surface area (Å²) in [7, 11) is 0. The quantitative estimate of drug-likeness (QED) is 0.164. The molecular formula is C55H33N3O. The standard InChI is InChI=1S/C55H33N3O/c1-2-14-36(15-3-1)53-56-54(37-28-25-35(26-29-37)48-33-38-30-27-34-13-4-5-16-39(34)51(38)44-20-9-8-19-42(44)48)58-55(57-53)46-32-31-43(40-17-6-7-18-41(40)46)45-22-12-24-50-52(45)47-21-10-11-23-49(47)59-50/h1-33H. The largest absolute Gasteiger partial charge is 0.456 e. The van der Waals surface area contributed by atoms with Crippen LogP contribution in [0.5, 0.6) is 0 Å². The molecule has 2 aromatic heterocycles. The monoisotopic (exact) mass is 751 g/mol. The van der Waals surface area contributed by atoms with E-state index in [2.05, 4.69) is 164 Å². The lowest BCUT2D eigenvalue weighted by Gasteiger charge is -2.14. The summed E-state index contributed by atoms with van der Waals surface area (Å²) in [6.07, 6.45) is 0. The van der Waals surface area contributed by atoms with Crippen molar-refractivity contribution in [2.75, 3.05) is 0 Å². The molecule has 4 heteroatoms. The molecule has 0 spiro atoms. The van der Waals surface area contributed by atoms with E-state index in [-0.39, 0.29) is 0 Å². The van der Waals surface area contributed by atoms with Crippen LogP contribution in [0.1, 0.15) is 0 Å². The van der Waals surface area contributed by atoms with Crippen molar-refractivity contribution in [3.05, 3.63) is 200 Å². The minimum Gasteiger partial charge on any atom is -0.456 e. The average Bonchev–Trinajstić information content (AvgIpc) is 3.70. The number of hydrogen-bond acceptors (Lipinski definition) is 4. The molecule has 0 saturated carbocycles. The van der Waals surface area contributed by atoms with Crippen LogP contribution < -0.4 is 0 Å². The number of benzene rings is 10. The van der Waals surface area contributed by atoms with E-state index in [4.69, 9.17) is 19.4 Å². The molecule has 274 valence electrons. The van der Waals surface area contributed by atoms with Crippen LogP contribution in [-0.4, -0.2) is 15.0 Å². The number of rotatable bonds is 5. The summed E-state index contributed by atoms with van der Waals surface area (Å²) in [5, 5.41) is 11.9. The van der Waals surface area contributed by atoms with Crippen LogP contribution in [0.4, 0.5) is 0 Å². The van der Waals surface area contributed by atoms with E-state index in [1.54, 1.807) is 0 Å². The smallest absolute Gasteiger partial charge is 0.164 e. The van der Waals surface area contributed by atoms with Gasteiger partial charge in [0.2, 0.25) is 0 Å². The van der Waals surface area contributed by atoms with Gasteiger partial charge in [-0.05, 0) is 89.6 Å². The van der Waals surface area contributed by atoms with Gasteiger partial charge in [0.05, 0.1) is 0 Å². The van der Waals surface area contributed by atoms with Crippen LogP contribution in [0, 0.1) is 0 Å². The van der Waals surface area contributed by atoms with Gasteiger partial charge in [-0.1, -0.05) is 176 Å². The van der Waals surface area contributed by atoms with E-state index in [0.29, 0.717) is 17.5 Å². The first-order chi connectivity index (χ1) is 29.2. The highest BCUT2D eigenvalue weighted by Crippen LogP contribution is 2.42. The fraction of sp³-hybridized carbons (Fsp3) is 0. The van der Waals surface area contributed by atoms with Crippen molar-refractivity contribution < 1.29 is 4.42 Å². The molecule has 0 fully saturated rings. The first-order valence-corrected chi connectivity index (χ1v) is 19.9. The number of nitrogens with zero attached hydrogens (tertiary/aromatic N) is 3. The highest BCUT2D eigenvalue weighted by molar-refractivity contribution is 6.23. The Labute approximate surface area is 339 Å². The summed E-state index contributed by atoms with van der Waals surface area (Å²) in [5.74, 6) is 1.88. The Kier molecular flexibility index (Phi) is 7.50. The molecule has 10 aromatic carbocycles. The Morgan fingerprint density at radius 1 is 0.271 bits per heavy atom. The van der Waals surface area contributed by atoms with Crippen LogP contribution in [-0.2, 0) is 0 Å². The first-order valence-electron chi connectivity index (χ1n) is 19.9. The Morgan fingerprint density at radius 2 is 0.814 bits per heavy atom. The molecule has 0 amide bonds. The second-order valence-corrected chi connectivity index (χ2v) is 15.1. The maximum atomic E-state index is 6.29. The number of hydrogen-bond donors (Lipinski definition) is 0. The highest BCUT2D eigenvalue weighted by Gasteiger charge is 2.19. The van der Waals surface area contributed by atoms with Crippen LogP contribution in [0.15, 0.2) is 205 Å². The number of furan rings is 1. The summed E-state index contributed by atoms with van der Waals surface area (Å²) in [6.45, 7) is 0. The van der Waals surface area contributed by atoms with Crippen molar-refractivity contribution in [1.29, 1.82) is 0 Å². The van der Waals surface area contributed by atoms with Gasteiger partial charge in [-0.2, -0.15) is 0 Å². The van der Waals surface area contributed by atoms with E-state index < -0.39 is 0 Å². The van der Waals surface area contributed by atoms with Gasteiger partial charge < -0.3 is 4.42 Å². The Morgan fingerprint density at radius 3 is 1.59 bits per heavy atom. The molecule has 12 rings (SSSR count). The maximum Gasteiger partial charge on any atom is 0.164 e. The zero-order chi connectivity index (χ0) is 38.9. The Bertz CT molecular complexity index is 3610. The minimum absolute atomic E-state index is 0.623. The van der Waals surface area contributed by atoms with Gasteiger partial charge in [-0.3, -0.25) is 0 Å². The lowest BCUT2D eigenvalue weighted by atomic mass is 9.90. The molecule has 0 atom stereocenters. The van der Waals surface area contributed by atoms with Gasteiger partial charge in [0.1, 0.15) is 11.2 Å². The van der Waals surface area contributed by atoms with Crippen molar-refractivity contribution in [2.45, 2.75) is 0 Å². The van der Waals surface area contributed by atoms with Crippen LogP contribution >= 0.6 is 0 Å². The predicted molar refractivity (Wildman–Crippen MR) is 244 cm³/mol. The van der Waals surface area contributed by atoms with Gasteiger partial charge in [0.25, 0.3) is 0 Å². The van der Waals surface area contributed by atoms with E-state index >= 15 is 0 Å². The summed E-state index contributed by atoms with van der Waals surface area (Å²) >= 11 is 0. The first kappa shape index (κ1) is 33.2. The van der Waals surface area contributed by atoms with Gasteiger partial charge in [-0.15, -0.1) is 0 Å². The molecular weight excluding hydrogens is 719 g/mol. The lowest BCUT2D eigenvalue weighted by Crippen LogP contribution is -2.01. The maximum absolute atomic E-state index is 6.29. The molecule has 0 saturated heterocycles. The fourth-order valence-electron chi connectivity index (χ4n) is 8.99. The predicted octanol–water partition coefficient (Wildman–Crippen LogP) is 14.7. The summed E-state index contributed by atoms with van der Waals surface area (Å²) < 4.78 is 6.29. The van der Waals surface area contributed by atoms with Crippen molar-refractivity contribution in [3.8, 4) is 56.4 Å². The van der Waals surface area contributed by atoms with Crippen molar-refractivity contribution in [1.82, 2.24) is 15.0 Å². The molecule has 0 N–H and O–H groups in total. The summed E-state index contributed by atoms with van der Waals surface area (Å²) in [6, 6.07) is 70.5. The van der Waals surface area contributed by atoms with E-state index in [1.165, 1.54) is 37.9 Å². The Hall–Kier alpha value is -7.95. The topological polar surface area (TPSA) is 51.8 Å². The molecule has 4 nitrogen and oxygen atoms in total. The van der Waals surface area contributed by atoms with Crippen LogP contribution in [0.3, 0.4) is 0 Å². The third-order valence-corrected chi connectivity index (χ3v) is 11.7. The minimum atomic E-state index is 0.623. The van der Waals surface area contributed by atoms with E-state index in [0.717, 1.165) is 66.1 Å². The highest BCUT2D eigenvalue weighted by atomic mass is 16.3. The van der Waals surface area contributed by atoms with Crippen molar-refractivity contribution in [3.63, 3.8) is 0 Å². The Balaban J connectivity index is 1.00. The van der Waals surface area contributed by atoms with E-state index in [1.807, 2.05) is 36.4 Å². The van der Waals surface area contributed by atoms with Crippen LogP contribution in [0.25, 0.3) is 121 Å². The molecule has 0 radical (unpaired) electrons. The number of para-hydroxylation sites is 1. The summed E-state index contributed by atoms with van der Waals surface area (Å²) in [4.78, 5) is 15.5. The zero-order valence-electron chi connectivity index (χ0n) is 31.8. The molecule has 0 aliphatic carbocycles. The molecule has 12 aromatic rings.